The lowest BCUT2D eigenvalue weighted by molar-refractivity contribution is -0.115. The molecule has 0 bridgehead atoms. The summed E-state index contributed by atoms with van der Waals surface area (Å²) in [6.07, 6.45) is 1.78. The second-order valence-electron chi connectivity index (χ2n) is 5.88. The maximum atomic E-state index is 12.2. The molecule has 8 heteroatoms. The number of carbonyl (C=O) groups is 1. The zero-order chi connectivity index (χ0) is 18.0. The molecule has 25 heavy (non-hydrogen) atoms. The second-order valence-corrected chi connectivity index (χ2v) is 8.44. The van der Waals surface area contributed by atoms with E-state index >= 15 is 0 Å². The van der Waals surface area contributed by atoms with Crippen molar-refractivity contribution in [2.75, 3.05) is 5.32 Å². The molecular formula is C17H16Cl2N2O3S. The van der Waals surface area contributed by atoms with E-state index in [0.29, 0.717) is 21.3 Å². The molecule has 0 saturated heterocycles. The first-order valence-corrected chi connectivity index (χ1v) is 9.93. The van der Waals surface area contributed by atoms with Crippen LogP contribution in [0.25, 0.3) is 0 Å². The summed E-state index contributed by atoms with van der Waals surface area (Å²) in [6, 6.07) is 11.1. The largest absolute Gasteiger partial charge is 0.326 e. The Morgan fingerprint density at radius 3 is 2.56 bits per heavy atom. The molecule has 2 N–H and O–H groups in total. The molecular weight excluding hydrogens is 383 g/mol. The molecule has 132 valence electrons. The van der Waals surface area contributed by atoms with Crippen LogP contribution in [0.5, 0.6) is 0 Å². The van der Waals surface area contributed by atoms with Gasteiger partial charge in [0.1, 0.15) is 0 Å². The molecule has 1 aliphatic carbocycles. The fraction of sp³-hybridized carbons (Fsp3) is 0.235. The van der Waals surface area contributed by atoms with E-state index in [-0.39, 0.29) is 23.3 Å². The molecule has 1 saturated carbocycles. The van der Waals surface area contributed by atoms with Crippen molar-refractivity contribution in [2.45, 2.75) is 30.2 Å². The highest BCUT2D eigenvalue weighted by Crippen LogP contribution is 2.24. The molecule has 2 aromatic carbocycles. The maximum Gasteiger partial charge on any atom is 0.240 e. The molecule has 1 aliphatic rings. The molecule has 0 heterocycles. The fourth-order valence-corrected chi connectivity index (χ4v) is 4.10. The lowest BCUT2D eigenvalue weighted by Gasteiger charge is -2.10. The van der Waals surface area contributed by atoms with Gasteiger partial charge in [0.2, 0.25) is 15.9 Å². The van der Waals surface area contributed by atoms with E-state index in [4.69, 9.17) is 23.2 Å². The predicted octanol–water partition coefficient (Wildman–Crippen LogP) is 3.62. The lowest BCUT2D eigenvalue weighted by atomic mass is 10.1. The number of hydrogen-bond acceptors (Lipinski definition) is 3. The van der Waals surface area contributed by atoms with Crippen molar-refractivity contribution in [2.24, 2.45) is 0 Å². The van der Waals surface area contributed by atoms with Crippen LogP contribution in [0.1, 0.15) is 18.4 Å². The van der Waals surface area contributed by atoms with Gasteiger partial charge in [0.15, 0.2) is 0 Å². The number of nitrogens with one attached hydrogen (secondary N) is 2. The number of rotatable bonds is 6. The Hall–Kier alpha value is -1.60. The Balaban J connectivity index is 1.70. The van der Waals surface area contributed by atoms with E-state index in [1.165, 1.54) is 12.1 Å². The Bertz CT molecular complexity index is 912. The van der Waals surface area contributed by atoms with Gasteiger partial charge in [-0.1, -0.05) is 35.3 Å². The summed E-state index contributed by atoms with van der Waals surface area (Å²) in [5.41, 5.74) is 1.05. The van der Waals surface area contributed by atoms with Gasteiger partial charge in [0.25, 0.3) is 0 Å². The number of carbonyl (C=O) groups excluding carboxylic acids is 1. The van der Waals surface area contributed by atoms with E-state index in [2.05, 4.69) is 10.0 Å². The second kappa shape index (κ2) is 7.33. The minimum absolute atomic E-state index is 0.0234. The first kappa shape index (κ1) is 18.2. The van der Waals surface area contributed by atoms with Gasteiger partial charge in [-0.15, -0.1) is 0 Å². The van der Waals surface area contributed by atoms with Crippen LogP contribution in [0.3, 0.4) is 0 Å². The van der Waals surface area contributed by atoms with Gasteiger partial charge in [-0.2, -0.15) is 0 Å². The highest BCUT2D eigenvalue weighted by Gasteiger charge is 2.28. The predicted molar refractivity (Wildman–Crippen MR) is 98.6 cm³/mol. The van der Waals surface area contributed by atoms with Gasteiger partial charge in [-0.25, -0.2) is 13.1 Å². The summed E-state index contributed by atoms with van der Waals surface area (Å²) >= 11 is 11.9. The van der Waals surface area contributed by atoms with Gasteiger partial charge in [-0.3, -0.25) is 4.79 Å². The minimum atomic E-state index is -3.56. The van der Waals surface area contributed by atoms with Crippen LogP contribution in [-0.2, 0) is 21.2 Å². The van der Waals surface area contributed by atoms with Crippen LogP contribution in [0, 0.1) is 0 Å². The zero-order valence-electron chi connectivity index (χ0n) is 13.1. The Morgan fingerprint density at radius 1 is 1.12 bits per heavy atom. The smallest absolute Gasteiger partial charge is 0.240 e. The molecule has 5 nitrogen and oxygen atoms in total. The van der Waals surface area contributed by atoms with Crippen LogP contribution >= 0.6 is 23.2 Å². The van der Waals surface area contributed by atoms with Crippen molar-refractivity contribution in [3.05, 3.63) is 58.1 Å². The molecule has 1 fully saturated rings. The van der Waals surface area contributed by atoms with Crippen molar-refractivity contribution in [1.82, 2.24) is 4.72 Å². The summed E-state index contributed by atoms with van der Waals surface area (Å²) in [7, 11) is -3.56. The maximum absolute atomic E-state index is 12.2. The van der Waals surface area contributed by atoms with Crippen molar-refractivity contribution in [1.29, 1.82) is 0 Å². The highest BCUT2D eigenvalue weighted by atomic mass is 35.5. The molecule has 2 aromatic rings. The summed E-state index contributed by atoms with van der Waals surface area (Å²) in [6.45, 7) is 0. The highest BCUT2D eigenvalue weighted by molar-refractivity contribution is 7.89. The van der Waals surface area contributed by atoms with Crippen LogP contribution in [0.15, 0.2) is 47.4 Å². The van der Waals surface area contributed by atoms with E-state index in [9.17, 15) is 13.2 Å². The lowest BCUT2D eigenvalue weighted by Crippen LogP contribution is -2.25. The summed E-state index contributed by atoms with van der Waals surface area (Å²) in [4.78, 5) is 12.3. The molecule has 0 unspecified atom stereocenters. The number of amides is 1. The molecule has 0 spiro atoms. The van der Waals surface area contributed by atoms with E-state index in [1.54, 1.807) is 30.3 Å². The van der Waals surface area contributed by atoms with Crippen LogP contribution in [0.2, 0.25) is 10.0 Å². The number of anilines is 1. The average molecular weight is 399 g/mol. The number of sulfonamides is 1. The summed E-state index contributed by atoms with van der Waals surface area (Å²) < 4.78 is 27.1. The normalized spacial score (nSPS) is 14.3. The minimum Gasteiger partial charge on any atom is -0.326 e. The molecule has 0 aromatic heterocycles. The SMILES string of the molecule is O=C(Cc1ccc(Cl)cc1Cl)Nc1cccc(S(=O)(=O)NC2CC2)c1. The third-order valence-corrected chi connectivity index (χ3v) is 5.80. The Morgan fingerprint density at radius 2 is 1.88 bits per heavy atom. The van der Waals surface area contributed by atoms with Crippen molar-refractivity contribution in [3.8, 4) is 0 Å². The third kappa shape index (κ3) is 4.95. The van der Waals surface area contributed by atoms with Crippen molar-refractivity contribution >= 4 is 44.8 Å². The van der Waals surface area contributed by atoms with Gasteiger partial charge >= 0.3 is 0 Å². The monoisotopic (exact) mass is 398 g/mol. The van der Waals surface area contributed by atoms with Crippen LogP contribution in [-0.4, -0.2) is 20.4 Å². The Kier molecular flexibility index (Phi) is 5.34. The molecule has 1 amide bonds. The average Bonchev–Trinajstić information content (AvgIpc) is 3.34. The summed E-state index contributed by atoms with van der Waals surface area (Å²) in [5.74, 6) is -0.297. The topological polar surface area (TPSA) is 75.3 Å². The fourth-order valence-electron chi connectivity index (χ4n) is 2.27. The van der Waals surface area contributed by atoms with E-state index < -0.39 is 10.0 Å². The van der Waals surface area contributed by atoms with E-state index in [0.717, 1.165) is 12.8 Å². The number of hydrogen-bond donors (Lipinski definition) is 2. The standard InChI is InChI=1S/C17H16Cl2N2O3S/c18-12-5-4-11(16(19)9-12)8-17(22)20-14-2-1-3-15(10-14)25(23,24)21-13-6-7-13/h1-5,9-10,13,21H,6-8H2,(H,20,22). The van der Waals surface area contributed by atoms with Crippen LogP contribution in [0.4, 0.5) is 5.69 Å². The van der Waals surface area contributed by atoms with Gasteiger partial charge < -0.3 is 5.32 Å². The molecule has 0 radical (unpaired) electrons. The number of benzene rings is 2. The number of halogens is 2. The quantitative estimate of drug-likeness (QED) is 0.779. The third-order valence-electron chi connectivity index (χ3n) is 3.69. The van der Waals surface area contributed by atoms with Crippen molar-refractivity contribution in [3.63, 3.8) is 0 Å². The van der Waals surface area contributed by atoms with E-state index in [1.807, 2.05) is 0 Å². The first-order chi connectivity index (χ1) is 11.8. The first-order valence-electron chi connectivity index (χ1n) is 7.70. The van der Waals surface area contributed by atoms with Gasteiger partial charge in [0, 0.05) is 21.8 Å². The molecule has 0 aliphatic heterocycles. The van der Waals surface area contributed by atoms with Crippen LogP contribution < -0.4 is 10.0 Å². The zero-order valence-corrected chi connectivity index (χ0v) is 15.5. The van der Waals surface area contributed by atoms with Gasteiger partial charge in [0.05, 0.1) is 11.3 Å². The van der Waals surface area contributed by atoms with Gasteiger partial charge in [-0.05, 0) is 48.7 Å². The molecule has 3 rings (SSSR count). The molecule has 0 atom stereocenters. The van der Waals surface area contributed by atoms with Crippen molar-refractivity contribution < 1.29 is 13.2 Å². The summed E-state index contributed by atoms with van der Waals surface area (Å²) in [5, 5.41) is 3.60. The Labute approximate surface area is 156 Å².